The molecule has 0 unspecified atom stereocenters. The van der Waals surface area contributed by atoms with E-state index in [-0.39, 0.29) is 0 Å². The van der Waals surface area contributed by atoms with Gasteiger partial charge in [0.05, 0.1) is 25.5 Å². The minimum absolute atomic E-state index is 0.405. The number of ether oxygens (including phenoxy) is 1. The number of allylic oxidation sites excluding steroid dienone is 1. The van der Waals surface area contributed by atoms with Gasteiger partial charge in [-0.25, -0.2) is 9.78 Å². The Labute approximate surface area is 149 Å². The zero-order chi connectivity index (χ0) is 18.0. The van der Waals surface area contributed by atoms with Gasteiger partial charge in [0.25, 0.3) is 5.56 Å². The highest BCUT2D eigenvalue weighted by Crippen LogP contribution is 2.21. The Hall–Kier alpha value is -1.84. The van der Waals surface area contributed by atoms with E-state index in [1.54, 1.807) is 18.8 Å². The number of thioether (sulfide) groups is 1. The Morgan fingerprint density at radius 3 is 2.80 bits per heavy atom. The summed E-state index contributed by atoms with van der Waals surface area (Å²) in [6.07, 6.45) is 0. The van der Waals surface area contributed by atoms with Gasteiger partial charge in [-0.3, -0.25) is 14.3 Å². The van der Waals surface area contributed by atoms with Crippen LogP contribution >= 0.6 is 11.8 Å². The summed E-state index contributed by atoms with van der Waals surface area (Å²) in [5, 5.41) is 0.748. The van der Waals surface area contributed by atoms with Gasteiger partial charge in [0.15, 0.2) is 16.3 Å². The number of hydrogen-bond acceptors (Lipinski definition) is 5. The topological polar surface area (TPSA) is 86.3 Å². The van der Waals surface area contributed by atoms with Gasteiger partial charge in [-0.05, 0) is 6.92 Å². The van der Waals surface area contributed by atoms with E-state index in [0.29, 0.717) is 17.7 Å². The molecule has 1 fully saturated rings. The van der Waals surface area contributed by atoms with Gasteiger partial charge in [0.2, 0.25) is 0 Å². The molecule has 0 saturated carbocycles. The summed E-state index contributed by atoms with van der Waals surface area (Å²) in [6.45, 7) is 11.0. The molecule has 2 aromatic rings. The summed E-state index contributed by atoms with van der Waals surface area (Å²) in [4.78, 5) is 32.6. The summed E-state index contributed by atoms with van der Waals surface area (Å²) in [6, 6.07) is 0. The average Bonchev–Trinajstić information content (AvgIpc) is 2.92. The van der Waals surface area contributed by atoms with Crippen LogP contribution in [0.5, 0.6) is 0 Å². The van der Waals surface area contributed by atoms with Gasteiger partial charge in [0, 0.05) is 13.6 Å². The lowest BCUT2D eigenvalue weighted by atomic mass is 10.3. The van der Waals surface area contributed by atoms with Crippen LogP contribution in [0.15, 0.2) is 26.9 Å². The second kappa shape index (κ2) is 7.59. The van der Waals surface area contributed by atoms with E-state index in [9.17, 15) is 9.59 Å². The van der Waals surface area contributed by atoms with Crippen LogP contribution in [0.2, 0.25) is 0 Å². The number of nitrogens with one attached hydrogen (secondary N) is 2. The van der Waals surface area contributed by atoms with E-state index in [2.05, 4.69) is 16.5 Å². The summed E-state index contributed by atoms with van der Waals surface area (Å²) in [7, 11) is 1.62. The molecule has 1 aliphatic heterocycles. The first-order valence-electron chi connectivity index (χ1n) is 8.35. The van der Waals surface area contributed by atoms with Gasteiger partial charge < -0.3 is 14.2 Å². The number of rotatable bonds is 6. The summed E-state index contributed by atoms with van der Waals surface area (Å²) in [5.74, 6) is 0.890. The maximum absolute atomic E-state index is 12.3. The molecule has 0 aromatic carbocycles. The van der Waals surface area contributed by atoms with E-state index in [1.165, 1.54) is 9.47 Å². The predicted molar refractivity (Wildman–Crippen MR) is 97.5 cm³/mol. The molecule has 1 aliphatic rings. The predicted octanol–water partition coefficient (Wildman–Crippen LogP) is -0.993. The van der Waals surface area contributed by atoms with Crippen molar-refractivity contribution in [2.24, 2.45) is 7.05 Å². The van der Waals surface area contributed by atoms with Crippen molar-refractivity contribution in [1.29, 1.82) is 0 Å². The van der Waals surface area contributed by atoms with Crippen molar-refractivity contribution in [2.75, 3.05) is 38.6 Å². The highest BCUT2D eigenvalue weighted by atomic mass is 32.2. The molecule has 1 saturated heterocycles. The Bertz CT molecular complexity index is 892. The monoisotopic (exact) mass is 366 g/mol. The van der Waals surface area contributed by atoms with Crippen LogP contribution in [0.1, 0.15) is 6.92 Å². The second-order valence-corrected chi connectivity index (χ2v) is 7.45. The lowest BCUT2D eigenvalue weighted by Crippen LogP contribution is -3.14. The lowest BCUT2D eigenvalue weighted by molar-refractivity contribution is -0.905. The Balaban J connectivity index is 1.89. The van der Waals surface area contributed by atoms with Crippen molar-refractivity contribution in [1.82, 2.24) is 19.1 Å². The molecule has 0 atom stereocenters. The molecule has 136 valence electrons. The summed E-state index contributed by atoms with van der Waals surface area (Å²) in [5.41, 5.74) is 0.903. The van der Waals surface area contributed by atoms with Crippen LogP contribution < -0.4 is 16.1 Å². The van der Waals surface area contributed by atoms with Crippen molar-refractivity contribution < 1.29 is 9.64 Å². The highest BCUT2D eigenvalue weighted by Gasteiger charge is 2.19. The van der Waals surface area contributed by atoms with Crippen molar-refractivity contribution in [3.63, 3.8) is 0 Å². The fraction of sp³-hybridized carbons (Fsp3) is 0.562. The minimum Gasteiger partial charge on any atom is -0.370 e. The molecule has 0 aliphatic carbocycles. The molecular formula is C16H24N5O3S+. The van der Waals surface area contributed by atoms with E-state index >= 15 is 0 Å². The van der Waals surface area contributed by atoms with Crippen LogP contribution in [0.3, 0.4) is 0 Å². The number of nitrogens with zero attached hydrogens (tertiary/aromatic N) is 3. The molecule has 0 radical (unpaired) electrons. The molecule has 9 heteroatoms. The maximum Gasteiger partial charge on any atom is 0.329 e. The summed E-state index contributed by atoms with van der Waals surface area (Å²) < 4.78 is 8.61. The van der Waals surface area contributed by atoms with Crippen molar-refractivity contribution in [3.8, 4) is 0 Å². The van der Waals surface area contributed by atoms with Gasteiger partial charge >= 0.3 is 5.69 Å². The standard InChI is InChI=1S/C16H23N5O3S/c1-11(2)10-21-12-13(19(3)15(23)18-14(12)22)17-16(21)25-9-6-20-4-7-24-8-5-20/h1,4-10H2,2-3H3,(H,18,22,23)/p+1. The number of fused-ring (bicyclic) bond motifs is 1. The first kappa shape index (κ1) is 18.0. The Morgan fingerprint density at radius 1 is 1.40 bits per heavy atom. The van der Waals surface area contributed by atoms with Gasteiger partial charge in [-0.1, -0.05) is 23.9 Å². The molecule has 0 spiro atoms. The van der Waals surface area contributed by atoms with E-state index in [4.69, 9.17) is 4.74 Å². The smallest absolute Gasteiger partial charge is 0.329 e. The molecule has 25 heavy (non-hydrogen) atoms. The molecule has 3 rings (SSSR count). The van der Waals surface area contributed by atoms with Crippen LogP contribution in [0.4, 0.5) is 0 Å². The number of aryl methyl sites for hydroxylation is 1. The SMILES string of the molecule is C=C(C)Cn1c(SCC[NH+]2CCOCC2)nc2c1c(=O)[nH]c(=O)n2C. The third-order valence-corrected chi connectivity index (χ3v) is 5.26. The van der Waals surface area contributed by atoms with Crippen LogP contribution in [-0.4, -0.2) is 57.7 Å². The quantitative estimate of drug-likeness (QED) is 0.506. The number of aromatic amines is 1. The number of morpholine rings is 1. The van der Waals surface area contributed by atoms with Gasteiger partial charge in [-0.2, -0.15) is 0 Å². The molecule has 8 nitrogen and oxygen atoms in total. The van der Waals surface area contributed by atoms with Crippen LogP contribution in [0.25, 0.3) is 11.2 Å². The zero-order valence-electron chi connectivity index (χ0n) is 14.6. The fourth-order valence-electron chi connectivity index (χ4n) is 2.94. The van der Waals surface area contributed by atoms with E-state index < -0.39 is 11.2 Å². The normalized spacial score (nSPS) is 15.8. The van der Waals surface area contributed by atoms with Crippen molar-refractivity contribution in [2.45, 2.75) is 18.6 Å². The average molecular weight is 366 g/mol. The van der Waals surface area contributed by atoms with Crippen LogP contribution in [-0.2, 0) is 18.3 Å². The second-order valence-electron chi connectivity index (χ2n) is 6.39. The first-order chi connectivity index (χ1) is 12.0. The fourth-order valence-corrected chi connectivity index (χ4v) is 3.97. The molecule has 2 N–H and O–H groups in total. The molecular weight excluding hydrogens is 342 g/mol. The Kier molecular flexibility index (Phi) is 5.45. The third-order valence-electron chi connectivity index (χ3n) is 4.29. The third kappa shape index (κ3) is 3.88. The first-order valence-corrected chi connectivity index (χ1v) is 9.34. The van der Waals surface area contributed by atoms with Crippen molar-refractivity contribution >= 4 is 22.9 Å². The largest absolute Gasteiger partial charge is 0.370 e. The molecule has 0 bridgehead atoms. The highest BCUT2D eigenvalue weighted by molar-refractivity contribution is 7.99. The van der Waals surface area contributed by atoms with Crippen LogP contribution in [0, 0.1) is 0 Å². The number of hydrogen-bond donors (Lipinski definition) is 2. The number of quaternary nitrogens is 1. The van der Waals surface area contributed by atoms with E-state index in [0.717, 1.165) is 49.3 Å². The van der Waals surface area contributed by atoms with E-state index in [1.807, 2.05) is 11.5 Å². The maximum atomic E-state index is 12.3. The minimum atomic E-state index is -0.452. The number of aromatic nitrogens is 4. The number of H-pyrrole nitrogens is 1. The number of imidazole rings is 1. The van der Waals surface area contributed by atoms with Crippen molar-refractivity contribution in [3.05, 3.63) is 33.0 Å². The molecule has 2 aromatic heterocycles. The zero-order valence-corrected chi connectivity index (χ0v) is 15.4. The van der Waals surface area contributed by atoms with Gasteiger partial charge in [-0.15, -0.1) is 0 Å². The lowest BCUT2D eigenvalue weighted by Gasteiger charge is -2.23. The van der Waals surface area contributed by atoms with Gasteiger partial charge in [0.1, 0.15) is 13.1 Å². The molecule has 0 amide bonds. The Morgan fingerprint density at radius 2 is 2.12 bits per heavy atom. The summed E-state index contributed by atoms with van der Waals surface area (Å²) >= 11 is 1.61. The molecule has 3 heterocycles.